The van der Waals surface area contributed by atoms with Crippen LogP contribution < -0.4 is 5.73 Å². The maximum Gasteiger partial charge on any atom is 0.227 e. The van der Waals surface area contributed by atoms with E-state index in [9.17, 15) is 4.79 Å². The minimum atomic E-state index is 0.163. The number of hydrogen-bond acceptors (Lipinski definition) is 2. The molecular formula is C17H24N2O. The first-order valence-corrected chi connectivity index (χ1v) is 7.86. The number of carbonyl (C=O) groups is 1. The number of piperidine rings is 1. The molecule has 0 aromatic heterocycles. The smallest absolute Gasteiger partial charge is 0.227 e. The van der Waals surface area contributed by atoms with Crippen molar-refractivity contribution in [2.75, 3.05) is 13.1 Å². The van der Waals surface area contributed by atoms with Crippen LogP contribution in [-0.2, 0) is 24.1 Å². The summed E-state index contributed by atoms with van der Waals surface area (Å²) in [5.41, 5.74) is 10.0. The third kappa shape index (κ3) is 3.04. The molecule has 0 spiro atoms. The van der Waals surface area contributed by atoms with Crippen molar-refractivity contribution in [3.05, 3.63) is 34.9 Å². The van der Waals surface area contributed by atoms with E-state index in [0.29, 0.717) is 6.42 Å². The van der Waals surface area contributed by atoms with Crippen molar-refractivity contribution < 1.29 is 4.79 Å². The van der Waals surface area contributed by atoms with Crippen LogP contribution in [0.1, 0.15) is 42.4 Å². The Bertz CT molecular complexity index is 498. The summed E-state index contributed by atoms with van der Waals surface area (Å²) in [4.78, 5) is 14.3. The van der Waals surface area contributed by atoms with Gasteiger partial charge >= 0.3 is 0 Å². The third-order valence-corrected chi connectivity index (χ3v) is 4.58. The molecule has 3 heteroatoms. The van der Waals surface area contributed by atoms with E-state index in [1.807, 2.05) is 4.90 Å². The summed E-state index contributed by atoms with van der Waals surface area (Å²) in [6.45, 7) is 1.60. The van der Waals surface area contributed by atoms with Gasteiger partial charge < -0.3 is 10.6 Å². The van der Waals surface area contributed by atoms with E-state index in [0.717, 1.165) is 31.5 Å². The lowest BCUT2D eigenvalue weighted by Crippen LogP contribution is -2.46. The summed E-state index contributed by atoms with van der Waals surface area (Å²) < 4.78 is 0. The highest BCUT2D eigenvalue weighted by Crippen LogP contribution is 2.22. The van der Waals surface area contributed by atoms with E-state index in [-0.39, 0.29) is 11.9 Å². The fraction of sp³-hybridized carbons (Fsp3) is 0.588. The average Bonchev–Trinajstić information content (AvgIpc) is 2.47. The van der Waals surface area contributed by atoms with E-state index < -0.39 is 0 Å². The number of hydrogen-bond donors (Lipinski definition) is 1. The van der Waals surface area contributed by atoms with Gasteiger partial charge in [0.1, 0.15) is 0 Å². The van der Waals surface area contributed by atoms with Crippen LogP contribution in [0.4, 0.5) is 0 Å². The summed E-state index contributed by atoms with van der Waals surface area (Å²) in [5, 5.41) is 0. The molecular weight excluding hydrogens is 248 g/mol. The molecule has 0 bridgehead atoms. The van der Waals surface area contributed by atoms with Crippen molar-refractivity contribution in [3.8, 4) is 0 Å². The molecule has 20 heavy (non-hydrogen) atoms. The zero-order chi connectivity index (χ0) is 13.9. The van der Waals surface area contributed by atoms with Crippen LogP contribution in [0.5, 0.6) is 0 Å². The van der Waals surface area contributed by atoms with Crippen LogP contribution >= 0.6 is 0 Å². The quantitative estimate of drug-likeness (QED) is 0.895. The number of likely N-dealkylation sites (tertiary alicyclic amines) is 1. The molecule has 1 unspecified atom stereocenters. The molecule has 1 heterocycles. The Hall–Kier alpha value is -1.35. The normalized spacial score (nSPS) is 22.4. The van der Waals surface area contributed by atoms with Gasteiger partial charge in [-0.05, 0) is 55.2 Å². The van der Waals surface area contributed by atoms with E-state index in [2.05, 4.69) is 18.2 Å². The molecule has 1 aliphatic carbocycles. The second-order valence-corrected chi connectivity index (χ2v) is 6.23. The molecule has 2 N–H and O–H groups in total. The van der Waals surface area contributed by atoms with Crippen LogP contribution in [0.25, 0.3) is 0 Å². The van der Waals surface area contributed by atoms with Crippen molar-refractivity contribution in [1.29, 1.82) is 0 Å². The summed E-state index contributed by atoms with van der Waals surface area (Å²) in [5.74, 6) is 0.232. The minimum Gasteiger partial charge on any atom is -0.341 e. The van der Waals surface area contributed by atoms with Crippen LogP contribution in [0.3, 0.4) is 0 Å². The van der Waals surface area contributed by atoms with Gasteiger partial charge in [-0.25, -0.2) is 0 Å². The van der Waals surface area contributed by atoms with Crippen LogP contribution in [0.15, 0.2) is 18.2 Å². The molecule has 108 valence electrons. The van der Waals surface area contributed by atoms with Crippen molar-refractivity contribution in [2.24, 2.45) is 5.73 Å². The average molecular weight is 272 g/mol. The summed E-state index contributed by atoms with van der Waals surface area (Å²) in [6, 6.07) is 6.76. The number of carbonyl (C=O) groups excluding carboxylic acids is 1. The molecule has 3 rings (SSSR count). The Kier molecular flexibility index (Phi) is 4.06. The van der Waals surface area contributed by atoms with E-state index in [1.165, 1.54) is 36.8 Å². The Morgan fingerprint density at radius 2 is 2.00 bits per heavy atom. The van der Waals surface area contributed by atoms with Gasteiger partial charge in [0.05, 0.1) is 6.42 Å². The van der Waals surface area contributed by atoms with Crippen LogP contribution in [-0.4, -0.2) is 29.9 Å². The minimum absolute atomic E-state index is 0.163. The van der Waals surface area contributed by atoms with Crippen molar-refractivity contribution in [1.82, 2.24) is 4.90 Å². The molecule has 3 nitrogen and oxygen atoms in total. The monoisotopic (exact) mass is 272 g/mol. The van der Waals surface area contributed by atoms with E-state index in [4.69, 9.17) is 5.73 Å². The van der Waals surface area contributed by atoms with Gasteiger partial charge in [-0.2, -0.15) is 0 Å². The largest absolute Gasteiger partial charge is 0.341 e. The Balaban J connectivity index is 1.66. The second-order valence-electron chi connectivity index (χ2n) is 6.23. The molecule has 1 aliphatic heterocycles. The fourth-order valence-electron chi connectivity index (χ4n) is 3.42. The number of nitrogens with zero attached hydrogens (tertiary/aromatic N) is 1. The lowest BCUT2D eigenvalue weighted by atomic mass is 9.90. The summed E-state index contributed by atoms with van der Waals surface area (Å²) >= 11 is 0. The molecule has 1 amide bonds. The van der Waals surface area contributed by atoms with Crippen molar-refractivity contribution in [2.45, 2.75) is 51.0 Å². The highest BCUT2D eigenvalue weighted by Gasteiger charge is 2.21. The Morgan fingerprint density at radius 3 is 2.80 bits per heavy atom. The Labute approximate surface area is 121 Å². The zero-order valence-electron chi connectivity index (χ0n) is 12.1. The standard InChI is InChI=1S/C17H24N2O/c18-16-6-3-9-19(12-16)17(20)11-13-7-8-14-4-1-2-5-15(14)10-13/h7-8,10,16H,1-6,9,11-12,18H2. The van der Waals surface area contributed by atoms with Gasteiger partial charge in [0.15, 0.2) is 0 Å². The zero-order valence-corrected chi connectivity index (χ0v) is 12.1. The summed E-state index contributed by atoms with van der Waals surface area (Å²) in [7, 11) is 0. The van der Waals surface area contributed by atoms with Crippen molar-refractivity contribution in [3.63, 3.8) is 0 Å². The van der Waals surface area contributed by atoms with Gasteiger partial charge in [-0.15, -0.1) is 0 Å². The Morgan fingerprint density at radius 1 is 1.20 bits per heavy atom. The predicted molar refractivity (Wildman–Crippen MR) is 80.6 cm³/mol. The number of nitrogens with two attached hydrogens (primary N) is 1. The highest BCUT2D eigenvalue weighted by atomic mass is 16.2. The van der Waals surface area contributed by atoms with Gasteiger partial charge in [-0.1, -0.05) is 18.2 Å². The third-order valence-electron chi connectivity index (χ3n) is 4.58. The molecule has 1 aromatic carbocycles. The number of amides is 1. The molecule has 2 aliphatic rings. The molecule has 1 atom stereocenters. The van der Waals surface area contributed by atoms with E-state index >= 15 is 0 Å². The van der Waals surface area contributed by atoms with Crippen molar-refractivity contribution >= 4 is 5.91 Å². The van der Waals surface area contributed by atoms with Crippen LogP contribution in [0.2, 0.25) is 0 Å². The second kappa shape index (κ2) is 5.96. The van der Waals surface area contributed by atoms with E-state index in [1.54, 1.807) is 0 Å². The first-order chi connectivity index (χ1) is 9.72. The molecule has 0 radical (unpaired) electrons. The lowest BCUT2D eigenvalue weighted by Gasteiger charge is -2.31. The van der Waals surface area contributed by atoms with Crippen LogP contribution in [0, 0.1) is 0 Å². The molecule has 0 saturated carbocycles. The lowest BCUT2D eigenvalue weighted by molar-refractivity contribution is -0.131. The van der Waals surface area contributed by atoms with Gasteiger partial charge in [0, 0.05) is 19.1 Å². The first-order valence-electron chi connectivity index (χ1n) is 7.86. The summed E-state index contributed by atoms with van der Waals surface area (Å²) in [6.07, 6.45) is 7.57. The van der Waals surface area contributed by atoms with Gasteiger partial charge in [0.25, 0.3) is 0 Å². The molecule has 1 aromatic rings. The maximum atomic E-state index is 12.4. The van der Waals surface area contributed by atoms with Gasteiger partial charge in [-0.3, -0.25) is 4.79 Å². The first kappa shape index (κ1) is 13.6. The predicted octanol–water partition coefficient (Wildman–Crippen LogP) is 2.06. The number of benzene rings is 1. The molecule has 1 saturated heterocycles. The molecule has 1 fully saturated rings. The SMILES string of the molecule is NC1CCCN(C(=O)Cc2ccc3c(c2)CCCC3)C1. The number of rotatable bonds is 2. The fourth-order valence-corrected chi connectivity index (χ4v) is 3.42. The number of fused-ring (bicyclic) bond motifs is 1. The maximum absolute atomic E-state index is 12.4. The van der Waals surface area contributed by atoms with Gasteiger partial charge in [0.2, 0.25) is 5.91 Å². The topological polar surface area (TPSA) is 46.3 Å². The number of aryl methyl sites for hydroxylation is 2. The highest BCUT2D eigenvalue weighted by molar-refractivity contribution is 5.79.